The number of fused-ring (bicyclic) bond motifs is 1. The van der Waals surface area contributed by atoms with Crippen LogP contribution in [-0.2, 0) is 16.0 Å². The molecule has 206 valence electrons. The van der Waals surface area contributed by atoms with E-state index in [1.165, 1.54) is 6.07 Å². The van der Waals surface area contributed by atoms with E-state index in [4.69, 9.17) is 4.42 Å². The molecule has 1 aliphatic heterocycles. The van der Waals surface area contributed by atoms with Gasteiger partial charge in [-0.25, -0.2) is 0 Å². The van der Waals surface area contributed by atoms with Crippen molar-refractivity contribution in [2.75, 3.05) is 10.2 Å². The van der Waals surface area contributed by atoms with Crippen LogP contribution in [-0.4, -0.2) is 16.6 Å². The molecule has 4 aromatic rings. The number of carbonyl (C=O) groups is 2. The molecule has 41 heavy (non-hydrogen) atoms. The van der Waals surface area contributed by atoms with Crippen molar-refractivity contribution in [3.63, 3.8) is 0 Å². The number of anilines is 2. The number of carbonyl (C=O) groups excluding carboxylic acids is 2. The first-order valence-corrected chi connectivity index (χ1v) is 13.5. The number of nitrogens with one attached hydrogen (secondary N) is 1. The van der Waals surface area contributed by atoms with E-state index in [0.29, 0.717) is 41.2 Å². The van der Waals surface area contributed by atoms with Crippen LogP contribution < -0.4 is 10.2 Å². The number of hydrogen-bond donors (Lipinski definition) is 1. The molecule has 8 nitrogen and oxygen atoms in total. The summed E-state index contributed by atoms with van der Waals surface area (Å²) < 4.78 is 6.34. The molecule has 0 spiro atoms. The van der Waals surface area contributed by atoms with Crippen molar-refractivity contribution in [3.8, 4) is 11.3 Å². The number of nitro benzene ring substituents is 1. The van der Waals surface area contributed by atoms with Crippen molar-refractivity contribution in [2.45, 2.75) is 39.2 Å². The van der Waals surface area contributed by atoms with Gasteiger partial charge in [-0.2, -0.15) is 0 Å². The molecule has 1 amide bonds. The van der Waals surface area contributed by atoms with Gasteiger partial charge in [-0.15, -0.1) is 0 Å². The van der Waals surface area contributed by atoms with Crippen LogP contribution in [0.1, 0.15) is 44.1 Å². The Hall–Kier alpha value is -4.98. The predicted molar refractivity (Wildman–Crippen MR) is 156 cm³/mol. The average molecular weight is 548 g/mol. The fraction of sp³-hybridized carbons (Fsp3) is 0.212. The summed E-state index contributed by atoms with van der Waals surface area (Å²) in [7, 11) is 0. The number of nitro groups is 1. The molecule has 6 rings (SSSR count). The Bertz CT molecular complexity index is 1700. The zero-order valence-corrected chi connectivity index (χ0v) is 22.8. The number of nitrogens with zero attached hydrogens (tertiary/aromatic N) is 2. The van der Waals surface area contributed by atoms with Gasteiger partial charge in [0.2, 0.25) is 5.91 Å². The second-order valence-electron chi connectivity index (χ2n) is 11.3. The third-order valence-corrected chi connectivity index (χ3v) is 7.63. The number of Topliss-reactive ketones (excluding diaryl/α,β-unsaturated/α-hetero) is 1. The Kier molecular flexibility index (Phi) is 6.53. The normalized spacial score (nSPS) is 17.8. The number of para-hydroxylation sites is 3. The van der Waals surface area contributed by atoms with Crippen LogP contribution in [0.5, 0.6) is 0 Å². The fourth-order valence-corrected chi connectivity index (χ4v) is 5.87. The molecule has 0 radical (unpaired) electrons. The highest BCUT2D eigenvalue weighted by atomic mass is 16.6. The first kappa shape index (κ1) is 26.3. The Morgan fingerprint density at radius 1 is 0.976 bits per heavy atom. The van der Waals surface area contributed by atoms with Gasteiger partial charge in [-0.05, 0) is 47.7 Å². The maximum absolute atomic E-state index is 14.2. The lowest BCUT2D eigenvalue weighted by atomic mass is 9.74. The maximum atomic E-state index is 14.2. The third kappa shape index (κ3) is 4.93. The Morgan fingerprint density at radius 3 is 2.46 bits per heavy atom. The van der Waals surface area contributed by atoms with Crippen LogP contribution in [0.15, 0.2) is 107 Å². The van der Waals surface area contributed by atoms with E-state index in [1.54, 1.807) is 35.2 Å². The van der Waals surface area contributed by atoms with Crippen LogP contribution in [0.2, 0.25) is 0 Å². The smallest absolute Gasteiger partial charge is 0.280 e. The molecule has 1 aliphatic carbocycles. The minimum absolute atomic E-state index is 0.0669. The summed E-state index contributed by atoms with van der Waals surface area (Å²) in [6.45, 7) is 4.11. The molecule has 2 aliphatic rings. The number of allylic oxidation sites excluding steroid dienone is 1. The largest absolute Gasteiger partial charge is 0.458 e. The zero-order valence-electron chi connectivity index (χ0n) is 22.8. The van der Waals surface area contributed by atoms with Gasteiger partial charge in [-0.1, -0.05) is 68.4 Å². The van der Waals surface area contributed by atoms with Gasteiger partial charge in [0, 0.05) is 23.8 Å². The molecule has 0 saturated heterocycles. The van der Waals surface area contributed by atoms with Gasteiger partial charge in [0.05, 0.1) is 28.3 Å². The lowest BCUT2D eigenvalue weighted by Gasteiger charge is -2.36. The van der Waals surface area contributed by atoms with Crippen molar-refractivity contribution in [3.05, 3.63) is 124 Å². The van der Waals surface area contributed by atoms with Gasteiger partial charge in [0.15, 0.2) is 5.78 Å². The summed E-state index contributed by atoms with van der Waals surface area (Å²) in [5.41, 5.74) is 3.38. The minimum atomic E-state index is -0.863. The molecule has 1 N–H and O–H groups in total. The van der Waals surface area contributed by atoms with E-state index in [-0.39, 0.29) is 29.2 Å². The zero-order chi connectivity index (χ0) is 28.7. The lowest BCUT2D eigenvalue weighted by molar-refractivity contribution is -0.384. The average Bonchev–Trinajstić information content (AvgIpc) is 3.37. The molecule has 2 heterocycles. The summed E-state index contributed by atoms with van der Waals surface area (Å²) in [5.74, 6) is 0.380. The van der Waals surface area contributed by atoms with Crippen LogP contribution in [0, 0.1) is 15.5 Å². The second kappa shape index (κ2) is 10.2. The maximum Gasteiger partial charge on any atom is 0.280 e. The standard InChI is InChI=1S/C33H29N3O5/c1-33(2)19-24-31(27(37)20-33)32(29-17-16-28(41-29)22-12-6-8-14-25(22)36(39)40)35(26-15-9-7-13-23(26)34-24)30(38)18-21-10-4-3-5-11-21/h3-17,32,34H,18-20H2,1-2H3/t32-/m0/s1. The summed E-state index contributed by atoms with van der Waals surface area (Å²) >= 11 is 0. The number of amides is 1. The number of benzene rings is 3. The molecule has 0 fully saturated rings. The predicted octanol–water partition coefficient (Wildman–Crippen LogP) is 7.24. The third-order valence-electron chi connectivity index (χ3n) is 7.63. The second-order valence-corrected chi connectivity index (χ2v) is 11.3. The van der Waals surface area contributed by atoms with E-state index >= 15 is 0 Å². The molecule has 1 atom stereocenters. The molecular weight excluding hydrogens is 518 g/mol. The molecular formula is C33H29N3O5. The summed E-state index contributed by atoms with van der Waals surface area (Å²) in [6, 6.07) is 25.8. The molecule has 0 saturated carbocycles. The van der Waals surface area contributed by atoms with Gasteiger partial charge in [-0.3, -0.25) is 24.6 Å². The van der Waals surface area contributed by atoms with Gasteiger partial charge < -0.3 is 9.73 Å². The fourth-order valence-electron chi connectivity index (χ4n) is 5.87. The van der Waals surface area contributed by atoms with Crippen molar-refractivity contribution >= 4 is 28.8 Å². The molecule has 0 unspecified atom stereocenters. The number of hydrogen-bond acceptors (Lipinski definition) is 6. The van der Waals surface area contributed by atoms with Crippen LogP contribution in [0.25, 0.3) is 11.3 Å². The quantitative estimate of drug-likeness (QED) is 0.209. The van der Waals surface area contributed by atoms with E-state index < -0.39 is 11.0 Å². The first-order valence-electron chi connectivity index (χ1n) is 13.5. The van der Waals surface area contributed by atoms with E-state index in [2.05, 4.69) is 19.2 Å². The topological polar surface area (TPSA) is 106 Å². The van der Waals surface area contributed by atoms with Gasteiger partial charge in [0.25, 0.3) is 5.69 Å². The van der Waals surface area contributed by atoms with Crippen LogP contribution in [0.4, 0.5) is 17.1 Å². The number of ketones is 1. The Labute approximate surface area is 237 Å². The van der Waals surface area contributed by atoms with Crippen LogP contribution in [0.3, 0.4) is 0 Å². The molecule has 3 aromatic carbocycles. The Balaban J connectivity index is 1.55. The number of furan rings is 1. The summed E-state index contributed by atoms with van der Waals surface area (Å²) in [4.78, 5) is 41.1. The van der Waals surface area contributed by atoms with Gasteiger partial charge >= 0.3 is 0 Å². The molecule has 0 bridgehead atoms. The van der Waals surface area contributed by atoms with E-state index in [9.17, 15) is 19.7 Å². The van der Waals surface area contributed by atoms with Crippen LogP contribution >= 0.6 is 0 Å². The minimum Gasteiger partial charge on any atom is -0.458 e. The van der Waals surface area contributed by atoms with Crippen molar-refractivity contribution in [1.82, 2.24) is 0 Å². The Morgan fingerprint density at radius 2 is 1.68 bits per heavy atom. The highest BCUT2D eigenvalue weighted by molar-refractivity contribution is 6.06. The van der Waals surface area contributed by atoms with Gasteiger partial charge in [0.1, 0.15) is 17.6 Å². The van der Waals surface area contributed by atoms with Crippen molar-refractivity contribution in [2.24, 2.45) is 5.41 Å². The summed E-state index contributed by atoms with van der Waals surface area (Å²) in [6.07, 6.45) is 1.04. The summed E-state index contributed by atoms with van der Waals surface area (Å²) in [5, 5.41) is 15.2. The van der Waals surface area contributed by atoms with Crippen molar-refractivity contribution in [1.29, 1.82) is 0 Å². The van der Waals surface area contributed by atoms with E-state index in [1.807, 2.05) is 54.6 Å². The lowest BCUT2D eigenvalue weighted by Crippen LogP contribution is -2.40. The van der Waals surface area contributed by atoms with E-state index in [0.717, 1.165) is 16.9 Å². The highest BCUT2D eigenvalue weighted by Crippen LogP contribution is 2.49. The highest BCUT2D eigenvalue weighted by Gasteiger charge is 2.44. The monoisotopic (exact) mass is 547 g/mol. The molecule has 1 aromatic heterocycles. The SMILES string of the molecule is CC1(C)CC(=O)C2=C(C1)Nc1ccccc1N(C(=O)Cc1ccccc1)[C@H]2c1ccc(-c2ccccc2[N+](=O)[O-])o1. The number of rotatable bonds is 5. The molecule has 8 heteroatoms. The first-order chi connectivity index (χ1) is 19.7. The van der Waals surface area contributed by atoms with Crippen molar-refractivity contribution < 1.29 is 18.9 Å².